The van der Waals surface area contributed by atoms with Crippen LogP contribution < -0.4 is 10.1 Å². The van der Waals surface area contributed by atoms with E-state index in [1.54, 1.807) is 18.3 Å². The number of halogens is 1. The third-order valence-electron chi connectivity index (χ3n) is 6.62. The molecule has 1 N–H and O–H groups in total. The molecule has 1 aromatic heterocycles. The molecule has 0 unspecified atom stereocenters. The molecule has 0 aliphatic carbocycles. The highest BCUT2D eigenvalue weighted by molar-refractivity contribution is 6.30. The van der Waals surface area contributed by atoms with Gasteiger partial charge in [0.25, 0.3) is 0 Å². The number of benzene rings is 2. The number of hydrogen-bond donors (Lipinski definition) is 1. The van der Waals surface area contributed by atoms with Gasteiger partial charge in [0.05, 0.1) is 12.1 Å². The number of anilines is 1. The van der Waals surface area contributed by atoms with Crippen molar-refractivity contribution in [2.75, 3.05) is 18.5 Å². The Kier molecular flexibility index (Phi) is 7.91. The quantitative estimate of drug-likeness (QED) is 0.458. The lowest BCUT2D eigenvalue weighted by Gasteiger charge is -2.38. The third kappa shape index (κ3) is 5.99. The van der Waals surface area contributed by atoms with Crippen molar-refractivity contribution in [3.05, 3.63) is 65.3 Å². The molecule has 1 fully saturated rings. The van der Waals surface area contributed by atoms with E-state index >= 15 is 0 Å². The summed E-state index contributed by atoms with van der Waals surface area (Å²) in [6.45, 7) is 6.12. The van der Waals surface area contributed by atoms with Gasteiger partial charge in [-0.3, -0.25) is 14.4 Å². The summed E-state index contributed by atoms with van der Waals surface area (Å²) in [4.78, 5) is 15.2. The Morgan fingerprint density at radius 1 is 1.12 bits per heavy atom. The molecule has 34 heavy (non-hydrogen) atoms. The minimum atomic E-state index is -0.0833. The summed E-state index contributed by atoms with van der Waals surface area (Å²) in [5.41, 5.74) is 3.48. The van der Waals surface area contributed by atoms with Gasteiger partial charge in [-0.05, 0) is 68.7 Å². The van der Waals surface area contributed by atoms with Crippen LogP contribution >= 0.6 is 11.6 Å². The van der Waals surface area contributed by atoms with Gasteiger partial charge in [-0.25, -0.2) is 0 Å². The number of carbonyl (C=O) groups is 1. The second-order valence-electron chi connectivity index (χ2n) is 9.12. The van der Waals surface area contributed by atoms with Crippen LogP contribution in [0.4, 0.5) is 5.69 Å². The maximum absolute atomic E-state index is 12.6. The van der Waals surface area contributed by atoms with Crippen LogP contribution in [-0.4, -0.2) is 45.8 Å². The number of hydrogen-bond acceptors (Lipinski definition) is 4. The lowest BCUT2D eigenvalue weighted by molar-refractivity contribution is -0.115. The summed E-state index contributed by atoms with van der Waals surface area (Å²) in [6, 6.07) is 16.2. The predicted octanol–water partition coefficient (Wildman–Crippen LogP) is 5.56. The zero-order chi connectivity index (χ0) is 24.1. The Labute approximate surface area is 206 Å². The topological polar surface area (TPSA) is 59.4 Å². The Hall–Kier alpha value is -2.83. The van der Waals surface area contributed by atoms with Gasteiger partial charge < -0.3 is 10.1 Å². The molecule has 0 bridgehead atoms. The van der Waals surface area contributed by atoms with Crippen molar-refractivity contribution in [1.82, 2.24) is 14.7 Å². The second-order valence-corrected chi connectivity index (χ2v) is 9.55. The van der Waals surface area contributed by atoms with Gasteiger partial charge in [-0.15, -0.1) is 0 Å². The van der Waals surface area contributed by atoms with Crippen molar-refractivity contribution in [1.29, 1.82) is 0 Å². The molecule has 7 heteroatoms. The van der Waals surface area contributed by atoms with Crippen LogP contribution in [0.1, 0.15) is 38.7 Å². The van der Waals surface area contributed by atoms with E-state index in [1.165, 1.54) is 19.3 Å². The number of rotatable bonds is 8. The molecule has 1 saturated heterocycles. The van der Waals surface area contributed by atoms with Gasteiger partial charge in [0.1, 0.15) is 12.4 Å². The van der Waals surface area contributed by atoms with E-state index in [9.17, 15) is 4.79 Å². The molecular weight excluding hydrogens is 448 g/mol. The fourth-order valence-electron chi connectivity index (χ4n) is 4.74. The van der Waals surface area contributed by atoms with Gasteiger partial charge >= 0.3 is 0 Å². The first-order chi connectivity index (χ1) is 16.4. The Bertz CT molecular complexity index is 1100. The standard InChI is InChI=1S/C27H33ClN4O2/c1-19-5-4-6-20(2)32(19)15-16-34-26-12-11-23(18-24(26)25-13-14-29-31(25)3)30-27(33)17-21-7-9-22(28)10-8-21/h7-14,18-20H,4-6,15-17H2,1-3H3,(H,30,33)/t19-,20+. The van der Waals surface area contributed by atoms with Crippen LogP contribution in [0, 0.1) is 0 Å². The number of nitrogens with one attached hydrogen (secondary N) is 1. The van der Waals surface area contributed by atoms with Gasteiger partial charge in [0.15, 0.2) is 0 Å². The minimum absolute atomic E-state index is 0.0833. The van der Waals surface area contributed by atoms with Crippen molar-refractivity contribution in [3.8, 4) is 17.0 Å². The highest BCUT2D eigenvalue weighted by atomic mass is 35.5. The summed E-state index contributed by atoms with van der Waals surface area (Å²) in [6.07, 6.45) is 5.84. The van der Waals surface area contributed by atoms with Crippen LogP contribution in [0.15, 0.2) is 54.7 Å². The number of aromatic nitrogens is 2. The summed E-state index contributed by atoms with van der Waals surface area (Å²) in [7, 11) is 1.90. The zero-order valence-corrected chi connectivity index (χ0v) is 20.9. The van der Waals surface area contributed by atoms with E-state index in [0.29, 0.717) is 23.7 Å². The summed E-state index contributed by atoms with van der Waals surface area (Å²) >= 11 is 5.94. The van der Waals surface area contributed by atoms with Crippen LogP contribution in [0.5, 0.6) is 5.75 Å². The van der Waals surface area contributed by atoms with Gasteiger partial charge in [0, 0.05) is 48.1 Å². The van der Waals surface area contributed by atoms with Gasteiger partial charge in [0.2, 0.25) is 5.91 Å². The number of amides is 1. The average Bonchev–Trinajstić information content (AvgIpc) is 3.23. The van der Waals surface area contributed by atoms with Crippen LogP contribution in [0.25, 0.3) is 11.3 Å². The molecular formula is C27H33ClN4O2. The maximum Gasteiger partial charge on any atom is 0.228 e. The second kappa shape index (κ2) is 11.1. The SMILES string of the molecule is C[C@@H]1CCC[C@H](C)N1CCOc1ccc(NC(=O)Cc2ccc(Cl)cc2)cc1-c1ccnn1C. The molecule has 1 aliphatic heterocycles. The molecule has 0 spiro atoms. The smallest absolute Gasteiger partial charge is 0.228 e. The molecule has 2 aromatic carbocycles. The molecule has 0 radical (unpaired) electrons. The maximum atomic E-state index is 12.6. The van der Waals surface area contributed by atoms with E-state index < -0.39 is 0 Å². The first-order valence-electron chi connectivity index (χ1n) is 12.0. The molecule has 180 valence electrons. The first-order valence-corrected chi connectivity index (χ1v) is 12.3. The molecule has 4 rings (SSSR count). The Morgan fingerprint density at radius 3 is 2.53 bits per heavy atom. The van der Waals surface area contributed by atoms with Crippen molar-refractivity contribution in [2.24, 2.45) is 7.05 Å². The molecule has 1 aliphatic rings. The highest BCUT2D eigenvalue weighted by Crippen LogP contribution is 2.33. The largest absolute Gasteiger partial charge is 0.492 e. The summed E-state index contributed by atoms with van der Waals surface area (Å²) < 4.78 is 8.09. The number of nitrogens with zero attached hydrogens (tertiary/aromatic N) is 3. The minimum Gasteiger partial charge on any atom is -0.492 e. The number of piperidine rings is 1. The van der Waals surface area contributed by atoms with E-state index in [1.807, 2.05) is 48.1 Å². The summed E-state index contributed by atoms with van der Waals surface area (Å²) in [5, 5.41) is 7.98. The number of aryl methyl sites for hydroxylation is 1. The average molecular weight is 481 g/mol. The first kappa shape index (κ1) is 24.3. The molecule has 0 saturated carbocycles. The highest BCUT2D eigenvalue weighted by Gasteiger charge is 2.24. The summed E-state index contributed by atoms with van der Waals surface area (Å²) in [5.74, 6) is 0.705. The van der Waals surface area contributed by atoms with Crippen LogP contribution in [-0.2, 0) is 18.3 Å². The van der Waals surface area contributed by atoms with Crippen LogP contribution in [0.2, 0.25) is 5.02 Å². The van der Waals surface area contributed by atoms with Crippen molar-refractivity contribution < 1.29 is 9.53 Å². The molecule has 2 heterocycles. The van der Waals surface area contributed by atoms with Gasteiger partial charge in [-0.1, -0.05) is 30.2 Å². The van der Waals surface area contributed by atoms with E-state index in [0.717, 1.165) is 34.8 Å². The van der Waals surface area contributed by atoms with Crippen molar-refractivity contribution in [2.45, 2.75) is 51.6 Å². The fourth-order valence-corrected chi connectivity index (χ4v) is 4.87. The fraction of sp³-hybridized carbons (Fsp3) is 0.407. The predicted molar refractivity (Wildman–Crippen MR) is 137 cm³/mol. The number of likely N-dealkylation sites (tertiary alicyclic amines) is 1. The van der Waals surface area contributed by atoms with E-state index in [2.05, 4.69) is 29.2 Å². The van der Waals surface area contributed by atoms with Crippen molar-refractivity contribution >= 4 is 23.2 Å². The van der Waals surface area contributed by atoms with E-state index in [-0.39, 0.29) is 12.3 Å². The third-order valence-corrected chi connectivity index (χ3v) is 6.87. The number of ether oxygens (including phenoxy) is 1. The molecule has 2 atom stereocenters. The monoisotopic (exact) mass is 480 g/mol. The Morgan fingerprint density at radius 2 is 1.85 bits per heavy atom. The van der Waals surface area contributed by atoms with Crippen LogP contribution in [0.3, 0.4) is 0 Å². The lowest BCUT2D eigenvalue weighted by atomic mass is 9.98. The lowest BCUT2D eigenvalue weighted by Crippen LogP contribution is -2.45. The Balaban J connectivity index is 1.47. The molecule has 3 aromatic rings. The van der Waals surface area contributed by atoms with Gasteiger partial charge in [-0.2, -0.15) is 5.10 Å². The van der Waals surface area contributed by atoms with E-state index in [4.69, 9.17) is 16.3 Å². The number of carbonyl (C=O) groups excluding carboxylic acids is 1. The normalized spacial score (nSPS) is 18.6. The molecule has 1 amide bonds. The zero-order valence-electron chi connectivity index (χ0n) is 20.1. The van der Waals surface area contributed by atoms with Crippen molar-refractivity contribution in [3.63, 3.8) is 0 Å². The molecule has 6 nitrogen and oxygen atoms in total.